The summed E-state index contributed by atoms with van der Waals surface area (Å²) in [5.74, 6) is -0.369. The number of fused-ring (bicyclic) bond motifs is 1. The normalized spacial score (nSPS) is 19.7. The number of rotatable bonds is 8. The van der Waals surface area contributed by atoms with E-state index in [9.17, 15) is 18.0 Å². The molecule has 1 saturated carbocycles. The molecule has 1 aliphatic carbocycles. The van der Waals surface area contributed by atoms with E-state index in [1.165, 1.54) is 12.1 Å². The third-order valence-corrected chi connectivity index (χ3v) is 5.71. The van der Waals surface area contributed by atoms with Crippen LogP contribution in [0.4, 0.5) is 13.2 Å². The van der Waals surface area contributed by atoms with Crippen molar-refractivity contribution in [1.29, 1.82) is 0 Å². The Balaban J connectivity index is 1.84. The summed E-state index contributed by atoms with van der Waals surface area (Å²) in [7, 11) is 0. The minimum Gasteiger partial charge on any atom is -0.490 e. The Morgan fingerprint density at radius 1 is 1.13 bits per heavy atom. The molecule has 2 aromatic carbocycles. The van der Waals surface area contributed by atoms with Crippen LogP contribution in [0.15, 0.2) is 30.3 Å². The largest absolute Gasteiger partial charge is 0.490 e. The average molecular weight is 423 g/mol. The van der Waals surface area contributed by atoms with Gasteiger partial charge in [-0.1, -0.05) is 31.2 Å². The van der Waals surface area contributed by atoms with E-state index >= 15 is 0 Å². The molecule has 7 heteroatoms. The van der Waals surface area contributed by atoms with Crippen LogP contribution in [-0.4, -0.2) is 23.7 Å². The predicted molar refractivity (Wildman–Crippen MR) is 110 cm³/mol. The molecule has 0 amide bonds. The van der Waals surface area contributed by atoms with Gasteiger partial charge >= 0.3 is 12.1 Å². The lowest BCUT2D eigenvalue weighted by molar-refractivity contribution is -0.138. The highest BCUT2D eigenvalue weighted by Gasteiger charge is 2.37. The number of hydrogen-bond donors (Lipinski definition) is 2. The zero-order valence-corrected chi connectivity index (χ0v) is 17.1. The van der Waals surface area contributed by atoms with Gasteiger partial charge in [0, 0.05) is 13.0 Å². The van der Waals surface area contributed by atoms with Crippen LogP contribution in [0.1, 0.15) is 56.6 Å². The summed E-state index contributed by atoms with van der Waals surface area (Å²) in [4.78, 5) is 10.6. The van der Waals surface area contributed by atoms with E-state index in [-0.39, 0.29) is 23.7 Å². The van der Waals surface area contributed by atoms with E-state index < -0.39 is 17.7 Å². The second-order valence-electron chi connectivity index (χ2n) is 8.12. The first kappa shape index (κ1) is 22.4. The third kappa shape index (κ3) is 5.65. The van der Waals surface area contributed by atoms with Crippen LogP contribution in [0.3, 0.4) is 0 Å². The van der Waals surface area contributed by atoms with Gasteiger partial charge < -0.3 is 15.2 Å². The zero-order chi connectivity index (χ0) is 21.7. The van der Waals surface area contributed by atoms with Crippen LogP contribution >= 0.6 is 0 Å². The number of benzene rings is 2. The molecule has 0 bridgehead atoms. The molecule has 0 heterocycles. The van der Waals surface area contributed by atoms with Gasteiger partial charge in [0.15, 0.2) is 0 Å². The van der Waals surface area contributed by atoms with E-state index in [1.54, 1.807) is 18.2 Å². The number of alkyl halides is 3. The molecule has 164 valence electrons. The van der Waals surface area contributed by atoms with Crippen molar-refractivity contribution in [1.82, 2.24) is 5.32 Å². The summed E-state index contributed by atoms with van der Waals surface area (Å²) in [6.45, 7) is 3.01. The van der Waals surface area contributed by atoms with E-state index in [2.05, 4.69) is 12.2 Å². The smallest absolute Gasteiger partial charge is 0.420 e. The van der Waals surface area contributed by atoms with Crippen LogP contribution < -0.4 is 10.1 Å². The fraction of sp³-hybridized carbons (Fsp3) is 0.522. The van der Waals surface area contributed by atoms with Gasteiger partial charge in [0.25, 0.3) is 0 Å². The van der Waals surface area contributed by atoms with Gasteiger partial charge in [-0.3, -0.25) is 4.79 Å². The molecule has 0 spiro atoms. The highest BCUT2D eigenvalue weighted by Crippen LogP contribution is 2.43. The SMILES string of the molecule is CC1CCC(Oc2ccc3c(CNCCCC(=O)O)cccc3c2C(F)(F)F)CC1. The molecule has 0 atom stereocenters. The van der Waals surface area contributed by atoms with Gasteiger partial charge in [0.05, 0.1) is 6.10 Å². The first-order chi connectivity index (χ1) is 14.3. The monoisotopic (exact) mass is 423 g/mol. The molecule has 1 fully saturated rings. The van der Waals surface area contributed by atoms with E-state index in [0.29, 0.717) is 30.8 Å². The Hall–Kier alpha value is -2.28. The lowest BCUT2D eigenvalue weighted by Crippen LogP contribution is -2.24. The number of carbonyl (C=O) groups is 1. The Kier molecular flexibility index (Phi) is 7.23. The standard InChI is InChI=1S/C23H28F3NO3/c1-15-7-9-17(10-8-15)30-20-12-11-18-16(14-27-13-3-6-21(28)29)4-2-5-19(18)22(20)23(24,25)26/h2,4-5,11-12,15,17,27H,3,6-10,13-14H2,1H3,(H,28,29). The first-order valence-corrected chi connectivity index (χ1v) is 10.5. The van der Waals surface area contributed by atoms with Gasteiger partial charge in [-0.2, -0.15) is 13.2 Å². The van der Waals surface area contributed by atoms with Crippen molar-refractivity contribution in [3.8, 4) is 5.75 Å². The van der Waals surface area contributed by atoms with Crippen molar-refractivity contribution in [2.75, 3.05) is 6.54 Å². The molecular weight excluding hydrogens is 395 g/mol. The number of ether oxygens (including phenoxy) is 1. The molecule has 0 radical (unpaired) electrons. The maximum absolute atomic E-state index is 14.0. The summed E-state index contributed by atoms with van der Waals surface area (Å²) < 4.78 is 47.9. The maximum atomic E-state index is 14.0. The summed E-state index contributed by atoms with van der Waals surface area (Å²) in [5, 5.41) is 12.5. The molecule has 0 aliphatic heterocycles. The Morgan fingerprint density at radius 2 is 1.87 bits per heavy atom. The summed E-state index contributed by atoms with van der Waals surface area (Å²) in [6, 6.07) is 8.03. The highest BCUT2D eigenvalue weighted by molar-refractivity contribution is 5.91. The maximum Gasteiger partial charge on any atom is 0.420 e. The van der Waals surface area contributed by atoms with Crippen LogP contribution in [0.5, 0.6) is 5.75 Å². The number of hydrogen-bond acceptors (Lipinski definition) is 3. The molecule has 4 nitrogen and oxygen atoms in total. The minimum absolute atomic E-state index is 0.0569. The number of nitrogens with one attached hydrogen (secondary N) is 1. The van der Waals surface area contributed by atoms with E-state index in [4.69, 9.17) is 9.84 Å². The molecule has 0 aromatic heterocycles. The fourth-order valence-electron chi connectivity index (χ4n) is 4.06. The molecule has 1 aliphatic rings. The quantitative estimate of drug-likeness (QED) is 0.529. The van der Waals surface area contributed by atoms with Crippen LogP contribution in [0.25, 0.3) is 10.8 Å². The lowest BCUT2D eigenvalue weighted by Gasteiger charge is -2.28. The summed E-state index contributed by atoms with van der Waals surface area (Å²) in [5.41, 5.74) is 0.0257. The summed E-state index contributed by atoms with van der Waals surface area (Å²) in [6.07, 6.45) is -0.696. The Morgan fingerprint density at radius 3 is 2.53 bits per heavy atom. The Bertz CT molecular complexity index is 874. The lowest BCUT2D eigenvalue weighted by atomic mass is 9.89. The first-order valence-electron chi connectivity index (χ1n) is 10.5. The van der Waals surface area contributed by atoms with Gasteiger partial charge in [-0.25, -0.2) is 0 Å². The average Bonchev–Trinajstić information content (AvgIpc) is 2.68. The minimum atomic E-state index is -4.52. The molecule has 2 aromatic rings. The van der Waals surface area contributed by atoms with E-state index in [0.717, 1.165) is 31.2 Å². The van der Waals surface area contributed by atoms with Gasteiger partial charge in [0.1, 0.15) is 11.3 Å². The second kappa shape index (κ2) is 9.69. The van der Waals surface area contributed by atoms with Crippen LogP contribution in [0.2, 0.25) is 0 Å². The molecule has 3 rings (SSSR count). The molecular formula is C23H28F3NO3. The third-order valence-electron chi connectivity index (χ3n) is 5.71. The molecule has 30 heavy (non-hydrogen) atoms. The van der Waals surface area contributed by atoms with Gasteiger partial charge in [-0.15, -0.1) is 0 Å². The van der Waals surface area contributed by atoms with Crippen molar-refractivity contribution in [2.45, 2.75) is 64.3 Å². The highest BCUT2D eigenvalue weighted by atomic mass is 19.4. The number of carboxylic acids is 1. The predicted octanol–water partition coefficient (Wildman–Crippen LogP) is 5.77. The van der Waals surface area contributed by atoms with Gasteiger partial charge in [-0.05, 0) is 67.0 Å². The van der Waals surface area contributed by atoms with Crippen LogP contribution in [0, 0.1) is 5.92 Å². The fourth-order valence-corrected chi connectivity index (χ4v) is 4.06. The second-order valence-corrected chi connectivity index (χ2v) is 8.12. The number of aliphatic carboxylic acids is 1. The molecule has 0 unspecified atom stereocenters. The van der Waals surface area contributed by atoms with Crippen molar-refractivity contribution < 1.29 is 27.8 Å². The van der Waals surface area contributed by atoms with Crippen LogP contribution in [-0.2, 0) is 17.5 Å². The zero-order valence-electron chi connectivity index (χ0n) is 17.1. The van der Waals surface area contributed by atoms with Crippen molar-refractivity contribution >= 4 is 16.7 Å². The topological polar surface area (TPSA) is 58.6 Å². The molecule has 2 N–H and O–H groups in total. The Labute approximate surface area is 174 Å². The van der Waals surface area contributed by atoms with Gasteiger partial charge in [0.2, 0.25) is 0 Å². The number of halogens is 3. The molecule has 0 saturated heterocycles. The van der Waals surface area contributed by atoms with Crippen molar-refractivity contribution in [3.05, 3.63) is 41.5 Å². The summed E-state index contributed by atoms with van der Waals surface area (Å²) >= 11 is 0. The van der Waals surface area contributed by atoms with E-state index in [1.807, 2.05) is 0 Å². The number of carboxylic acid groups (broad SMARTS) is 1. The van der Waals surface area contributed by atoms with Crippen molar-refractivity contribution in [2.24, 2.45) is 5.92 Å². The van der Waals surface area contributed by atoms with Crippen molar-refractivity contribution in [3.63, 3.8) is 0 Å².